The lowest BCUT2D eigenvalue weighted by Crippen LogP contribution is -2.37. The van der Waals surface area contributed by atoms with Gasteiger partial charge in [-0.05, 0) is 31.7 Å². The van der Waals surface area contributed by atoms with Crippen LogP contribution in [0.1, 0.15) is 37.8 Å². The Hall–Kier alpha value is -1.84. The zero-order valence-corrected chi connectivity index (χ0v) is 13.1. The van der Waals surface area contributed by atoms with E-state index in [0.717, 1.165) is 24.0 Å². The molecule has 0 radical (unpaired) electrons. The highest BCUT2D eigenvalue weighted by molar-refractivity contribution is 5.79. The van der Waals surface area contributed by atoms with Crippen molar-refractivity contribution in [3.63, 3.8) is 0 Å². The summed E-state index contributed by atoms with van der Waals surface area (Å²) in [5.74, 6) is -1.54. The number of aryl methyl sites for hydroxylation is 1. The Bertz CT molecular complexity index is 481. The number of hydrogen-bond donors (Lipinski definition) is 2. The van der Waals surface area contributed by atoms with Gasteiger partial charge in [-0.2, -0.15) is 0 Å². The summed E-state index contributed by atoms with van der Waals surface area (Å²) in [7, 11) is 0. The normalized spacial score (nSPS) is 12.2. The Morgan fingerprint density at radius 1 is 1.19 bits per heavy atom. The zero-order valence-electron chi connectivity index (χ0n) is 13.1. The van der Waals surface area contributed by atoms with Crippen molar-refractivity contribution in [1.29, 1.82) is 0 Å². The molecule has 0 bridgehead atoms. The van der Waals surface area contributed by atoms with E-state index in [9.17, 15) is 14.7 Å². The quantitative estimate of drug-likeness (QED) is 0.774. The van der Waals surface area contributed by atoms with Gasteiger partial charge in [0, 0.05) is 12.5 Å². The molecule has 0 spiro atoms. The average molecular weight is 291 g/mol. The predicted molar refractivity (Wildman–Crippen MR) is 83.1 cm³/mol. The standard InChI is InChI=1S/C17H25NO3/c1-4-14(5-2)16(19)18-11-15(17(20)21)10-13-8-6-7-12(3)9-13/h6-9,14-15H,4-5,10-11H2,1-3H3,(H,18,19)(H,20,21). The molecule has 1 unspecified atom stereocenters. The molecule has 1 aromatic rings. The van der Waals surface area contributed by atoms with Gasteiger partial charge in [0.1, 0.15) is 0 Å². The van der Waals surface area contributed by atoms with E-state index >= 15 is 0 Å². The van der Waals surface area contributed by atoms with Crippen molar-refractivity contribution >= 4 is 11.9 Å². The molecule has 1 amide bonds. The summed E-state index contributed by atoms with van der Waals surface area (Å²) in [5.41, 5.74) is 2.09. The smallest absolute Gasteiger partial charge is 0.308 e. The molecule has 4 heteroatoms. The first-order valence-electron chi connectivity index (χ1n) is 7.53. The molecule has 0 aliphatic carbocycles. The highest BCUT2D eigenvalue weighted by Crippen LogP contribution is 2.12. The molecular weight excluding hydrogens is 266 g/mol. The lowest BCUT2D eigenvalue weighted by atomic mass is 9.97. The summed E-state index contributed by atoms with van der Waals surface area (Å²) < 4.78 is 0. The van der Waals surface area contributed by atoms with E-state index in [-0.39, 0.29) is 18.4 Å². The molecule has 21 heavy (non-hydrogen) atoms. The van der Waals surface area contributed by atoms with Crippen molar-refractivity contribution in [2.24, 2.45) is 11.8 Å². The van der Waals surface area contributed by atoms with Crippen LogP contribution in [0, 0.1) is 18.8 Å². The Labute approximate surface area is 126 Å². The first kappa shape index (κ1) is 17.2. The van der Waals surface area contributed by atoms with Crippen molar-refractivity contribution in [3.05, 3.63) is 35.4 Å². The molecular formula is C17H25NO3. The van der Waals surface area contributed by atoms with E-state index in [0.29, 0.717) is 6.42 Å². The third kappa shape index (κ3) is 5.58. The number of hydrogen-bond acceptors (Lipinski definition) is 2. The summed E-state index contributed by atoms with van der Waals surface area (Å²) in [6.45, 7) is 6.09. The summed E-state index contributed by atoms with van der Waals surface area (Å²) in [6, 6.07) is 7.81. The van der Waals surface area contributed by atoms with E-state index in [1.54, 1.807) is 0 Å². The van der Waals surface area contributed by atoms with Gasteiger partial charge in [0.05, 0.1) is 5.92 Å². The van der Waals surface area contributed by atoms with E-state index < -0.39 is 11.9 Å². The number of benzene rings is 1. The average Bonchev–Trinajstić information content (AvgIpc) is 2.44. The van der Waals surface area contributed by atoms with E-state index in [1.807, 2.05) is 45.0 Å². The number of carbonyl (C=O) groups is 2. The Morgan fingerprint density at radius 3 is 2.38 bits per heavy atom. The lowest BCUT2D eigenvalue weighted by molar-refractivity contribution is -0.141. The fourth-order valence-corrected chi connectivity index (χ4v) is 2.40. The molecule has 0 aliphatic rings. The maximum atomic E-state index is 11.9. The van der Waals surface area contributed by atoms with Crippen molar-refractivity contribution < 1.29 is 14.7 Å². The van der Waals surface area contributed by atoms with Crippen LogP contribution in [0.3, 0.4) is 0 Å². The van der Waals surface area contributed by atoms with Crippen LogP contribution < -0.4 is 5.32 Å². The summed E-state index contributed by atoms with van der Waals surface area (Å²) in [5, 5.41) is 12.1. The van der Waals surface area contributed by atoms with Crippen LogP contribution in [-0.2, 0) is 16.0 Å². The number of carboxylic acid groups (broad SMARTS) is 1. The van der Waals surface area contributed by atoms with Gasteiger partial charge in [-0.15, -0.1) is 0 Å². The molecule has 0 saturated carbocycles. The molecule has 0 aliphatic heterocycles. The molecule has 1 rings (SSSR count). The second-order valence-electron chi connectivity index (χ2n) is 5.49. The second-order valence-corrected chi connectivity index (χ2v) is 5.49. The minimum absolute atomic E-state index is 0.0292. The van der Waals surface area contributed by atoms with Crippen LogP contribution in [0.5, 0.6) is 0 Å². The van der Waals surface area contributed by atoms with Crippen LogP contribution in [0.4, 0.5) is 0 Å². The van der Waals surface area contributed by atoms with Crippen LogP contribution in [0.2, 0.25) is 0 Å². The first-order chi connectivity index (χ1) is 9.97. The summed E-state index contributed by atoms with van der Waals surface area (Å²) in [4.78, 5) is 23.3. The van der Waals surface area contributed by atoms with Crippen molar-refractivity contribution in [2.75, 3.05) is 6.54 Å². The molecule has 0 heterocycles. The van der Waals surface area contributed by atoms with Gasteiger partial charge < -0.3 is 10.4 Å². The van der Waals surface area contributed by atoms with E-state index in [2.05, 4.69) is 5.32 Å². The van der Waals surface area contributed by atoms with Gasteiger partial charge in [-0.25, -0.2) is 0 Å². The number of rotatable bonds is 8. The second kappa shape index (κ2) is 8.45. The zero-order chi connectivity index (χ0) is 15.8. The molecule has 0 aromatic heterocycles. The third-order valence-corrected chi connectivity index (χ3v) is 3.79. The Morgan fingerprint density at radius 2 is 1.86 bits per heavy atom. The van der Waals surface area contributed by atoms with Gasteiger partial charge in [0.25, 0.3) is 0 Å². The monoisotopic (exact) mass is 291 g/mol. The summed E-state index contributed by atoms with van der Waals surface area (Å²) >= 11 is 0. The highest BCUT2D eigenvalue weighted by Gasteiger charge is 2.21. The first-order valence-corrected chi connectivity index (χ1v) is 7.53. The molecule has 0 saturated heterocycles. The molecule has 0 fully saturated rings. The fourth-order valence-electron chi connectivity index (χ4n) is 2.40. The van der Waals surface area contributed by atoms with Gasteiger partial charge in [-0.1, -0.05) is 43.7 Å². The highest BCUT2D eigenvalue weighted by atomic mass is 16.4. The number of carboxylic acids is 1. The van der Waals surface area contributed by atoms with Crippen molar-refractivity contribution in [3.8, 4) is 0 Å². The Balaban J connectivity index is 2.62. The number of amides is 1. The van der Waals surface area contributed by atoms with Crippen LogP contribution in [-0.4, -0.2) is 23.5 Å². The largest absolute Gasteiger partial charge is 0.481 e. The van der Waals surface area contributed by atoms with Crippen LogP contribution >= 0.6 is 0 Å². The minimum atomic E-state index is -0.874. The summed E-state index contributed by atoms with van der Waals surface area (Å²) in [6.07, 6.45) is 1.98. The van der Waals surface area contributed by atoms with E-state index in [4.69, 9.17) is 0 Å². The number of carbonyl (C=O) groups excluding carboxylic acids is 1. The maximum absolute atomic E-state index is 11.9. The lowest BCUT2D eigenvalue weighted by Gasteiger charge is -2.17. The van der Waals surface area contributed by atoms with Crippen molar-refractivity contribution in [1.82, 2.24) is 5.32 Å². The van der Waals surface area contributed by atoms with Gasteiger partial charge in [0.2, 0.25) is 5.91 Å². The molecule has 116 valence electrons. The van der Waals surface area contributed by atoms with Crippen molar-refractivity contribution in [2.45, 2.75) is 40.0 Å². The topological polar surface area (TPSA) is 66.4 Å². The van der Waals surface area contributed by atoms with Crippen LogP contribution in [0.25, 0.3) is 0 Å². The molecule has 1 atom stereocenters. The SMILES string of the molecule is CCC(CC)C(=O)NCC(Cc1cccc(C)c1)C(=O)O. The van der Waals surface area contributed by atoms with Gasteiger partial charge >= 0.3 is 5.97 Å². The van der Waals surface area contributed by atoms with Gasteiger partial charge in [-0.3, -0.25) is 9.59 Å². The van der Waals surface area contributed by atoms with Crippen LogP contribution in [0.15, 0.2) is 24.3 Å². The molecule has 2 N–H and O–H groups in total. The molecule has 4 nitrogen and oxygen atoms in total. The predicted octanol–water partition coefficient (Wildman–Crippen LogP) is 2.79. The van der Waals surface area contributed by atoms with Gasteiger partial charge in [0.15, 0.2) is 0 Å². The number of nitrogens with one attached hydrogen (secondary N) is 1. The molecule has 1 aromatic carbocycles. The third-order valence-electron chi connectivity index (χ3n) is 3.79. The fraction of sp³-hybridized carbons (Fsp3) is 0.529. The maximum Gasteiger partial charge on any atom is 0.308 e. The Kier molecular flexibility index (Phi) is 6.92. The number of aliphatic carboxylic acids is 1. The minimum Gasteiger partial charge on any atom is -0.481 e. The van der Waals surface area contributed by atoms with E-state index in [1.165, 1.54) is 0 Å².